The lowest BCUT2D eigenvalue weighted by molar-refractivity contribution is 0.252. The van der Waals surface area contributed by atoms with Crippen molar-refractivity contribution in [2.75, 3.05) is 22.7 Å². The Hall–Kier alpha value is -1.80. The number of carbonyl (C=O) groups excluding carboxylic acids is 1. The molecule has 0 aliphatic carbocycles. The predicted octanol–water partition coefficient (Wildman–Crippen LogP) is 1.26. The molecule has 0 radical (unpaired) electrons. The van der Waals surface area contributed by atoms with E-state index in [0.29, 0.717) is 18.8 Å². The third-order valence-electron chi connectivity index (χ3n) is 2.73. The van der Waals surface area contributed by atoms with Gasteiger partial charge in [0.25, 0.3) is 10.2 Å². The number of carbonyl (C=O) groups is 1. The van der Waals surface area contributed by atoms with E-state index < -0.39 is 15.7 Å². The van der Waals surface area contributed by atoms with Crippen molar-refractivity contribution >= 4 is 27.6 Å². The number of rotatable bonds is 4. The average molecular weight is 312 g/mol. The van der Waals surface area contributed by atoms with Gasteiger partial charge in [-0.2, -0.15) is 13.1 Å². The van der Waals surface area contributed by atoms with Crippen LogP contribution in [-0.2, 0) is 10.2 Å². The fourth-order valence-corrected chi connectivity index (χ4v) is 3.31. The molecule has 0 unspecified atom stereocenters. The summed E-state index contributed by atoms with van der Waals surface area (Å²) >= 11 is 0. The average Bonchev–Trinajstić information content (AvgIpc) is 2.72. The Balaban J connectivity index is 2.07. The summed E-state index contributed by atoms with van der Waals surface area (Å²) in [5.41, 5.74) is 0.617. The highest BCUT2D eigenvalue weighted by atomic mass is 32.2. The molecule has 2 rings (SSSR count). The maximum atomic E-state index is 11.9. The van der Waals surface area contributed by atoms with Crippen LogP contribution in [0.4, 0.5) is 16.2 Å². The smallest absolute Gasteiger partial charge is 0.321 e. The van der Waals surface area contributed by atoms with E-state index in [2.05, 4.69) is 14.8 Å². The SMILES string of the molecule is CC(C)(C)NS(=O)(=O)Nc1ccc(N2CCNC2=O)cc1. The minimum atomic E-state index is -3.63. The quantitative estimate of drug-likeness (QED) is 0.782. The summed E-state index contributed by atoms with van der Waals surface area (Å²) in [6.07, 6.45) is 0. The highest BCUT2D eigenvalue weighted by Gasteiger charge is 2.22. The molecule has 0 saturated carbocycles. The van der Waals surface area contributed by atoms with Crippen molar-refractivity contribution in [1.82, 2.24) is 10.0 Å². The Bertz CT molecular complexity index is 620. The zero-order valence-electron chi connectivity index (χ0n) is 12.3. The van der Waals surface area contributed by atoms with Crippen LogP contribution in [-0.4, -0.2) is 33.1 Å². The number of amides is 2. The Labute approximate surface area is 124 Å². The third-order valence-corrected chi connectivity index (χ3v) is 4.11. The number of benzene rings is 1. The zero-order chi connectivity index (χ0) is 15.7. The molecule has 1 aromatic carbocycles. The van der Waals surface area contributed by atoms with E-state index in [1.807, 2.05) is 0 Å². The van der Waals surface area contributed by atoms with Crippen LogP contribution in [0.1, 0.15) is 20.8 Å². The minimum absolute atomic E-state index is 0.141. The lowest BCUT2D eigenvalue weighted by Gasteiger charge is -2.21. The van der Waals surface area contributed by atoms with Gasteiger partial charge in [-0.1, -0.05) is 0 Å². The second kappa shape index (κ2) is 5.53. The van der Waals surface area contributed by atoms with Gasteiger partial charge in [-0.15, -0.1) is 0 Å². The number of nitrogens with zero attached hydrogens (tertiary/aromatic N) is 1. The van der Waals surface area contributed by atoms with Crippen LogP contribution in [0.15, 0.2) is 24.3 Å². The van der Waals surface area contributed by atoms with Crippen molar-refractivity contribution in [1.29, 1.82) is 0 Å². The van der Waals surface area contributed by atoms with E-state index in [-0.39, 0.29) is 6.03 Å². The van der Waals surface area contributed by atoms with E-state index in [4.69, 9.17) is 0 Å². The van der Waals surface area contributed by atoms with E-state index in [1.165, 1.54) is 0 Å². The van der Waals surface area contributed by atoms with E-state index >= 15 is 0 Å². The molecule has 1 saturated heterocycles. The van der Waals surface area contributed by atoms with Crippen molar-refractivity contribution < 1.29 is 13.2 Å². The normalized spacial score (nSPS) is 16.0. The molecule has 0 bridgehead atoms. The number of hydrogen-bond acceptors (Lipinski definition) is 3. The minimum Gasteiger partial charge on any atom is -0.336 e. The molecule has 2 amide bonds. The van der Waals surface area contributed by atoms with Crippen LogP contribution in [0.3, 0.4) is 0 Å². The van der Waals surface area contributed by atoms with Crippen molar-refractivity contribution in [3.8, 4) is 0 Å². The van der Waals surface area contributed by atoms with Gasteiger partial charge in [-0.25, -0.2) is 4.79 Å². The molecule has 7 nitrogen and oxygen atoms in total. The largest absolute Gasteiger partial charge is 0.336 e. The number of nitrogens with one attached hydrogen (secondary N) is 3. The first kappa shape index (κ1) is 15.6. The molecule has 1 aliphatic heterocycles. The topological polar surface area (TPSA) is 90.5 Å². The van der Waals surface area contributed by atoms with Gasteiger partial charge < -0.3 is 5.32 Å². The molecule has 1 aromatic rings. The fraction of sp³-hybridized carbons (Fsp3) is 0.462. The molecule has 21 heavy (non-hydrogen) atoms. The van der Waals surface area contributed by atoms with E-state index in [9.17, 15) is 13.2 Å². The summed E-state index contributed by atoms with van der Waals surface area (Å²) in [7, 11) is -3.63. The maximum absolute atomic E-state index is 11.9. The Morgan fingerprint density at radius 3 is 2.29 bits per heavy atom. The number of urea groups is 1. The molecular formula is C13H20N4O3S. The summed E-state index contributed by atoms with van der Waals surface area (Å²) < 4.78 is 28.8. The Morgan fingerprint density at radius 1 is 1.19 bits per heavy atom. The first-order valence-corrected chi connectivity index (χ1v) is 8.12. The monoisotopic (exact) mass is 312 g/mol. The number of hydrogen-bond donors (Lipinski definition) is 3. The predicted molar refractivity (Wildman–Crippen MR) is 82.6 cm³/mol. The second-order valence-corrected chi connectivity index (χ2v) is 7.30. The molecule has 0 aromatic heterocycles. The lowest BCUT2D eigenvalue weighted by atomic mass is 10.1. The molecule has 0 spiro atoms. The van der Waals surface area contributed by atoms with Crippen molar-refractivity contribution in [2.45, 2.75) is 26.3 Å². The van der Waals surface area contributed by atoms with Crippen LogP contribution in [0.5, 0.6) is 0 Å². The molecule has 116 valence electrons. The maximum Gasteiger partial charge on any atom is 0.321 e. The van der Waals surface area contributed by atoms with Crippen LogP contribution >= 0.6 is 0 Å². The summed E-state index contributed by atoms with van der Waals surface area (Å²) in [6, 6.07) is 6.53. The van der Waals surface area contributed by atoms with Crippen molar-refractivity contribution in [2.24, 2.45) is 0 Å². The molecule has 1 heterocycles. The molecule has 0 atom stereocenters. The summed E-state index contributed by atoms with van der Waals surface area (Å²) in [6.45, 7) is 6.52. The summed E-state index contributed by atoms with van der Waals surface area (Å²) in [5.74, 6) is 0. The lowest BCUT2D eigenvalue weighted by Crippen LogP contribution is -2.43. The first-order valence-electron chi connectivity index (χ1n) is 6.63. The van der Waals surface area contributed by atoms with E-state index in [0.717, 1.165) is 5.69 Å². The van der Waals surface area contributed by atoms with E-state index in [1.54, 1.807) is 49.9 Å². The van der Waals surface area contributed by atoms with Crippen LogP contribution in [0, 0.1) is 0 Å². The highest BCUT2D eigenvalue weighted by Crippen LogP contribution is 2.20. The van der Waals surface area contributed by atoms with Gasteiger partial charge in [-0.05, 0) is 45.0 Å². The van der Waals surface area contributed by atoms with Gasteiger partial charge in [0.05, 0.1) is 0 Å². The van der Waals surface area contributed by atoms with Gasteiger partial charge in [0.2, 0.25) is 0 Å². The van der Waals surface area contributed by atoms with Gasteiger partial charge in [-0.3, -0.25) is 9.62 Å². The second-order valence-electron chi connectivity index (χ2n) is 5.89. The van der Waals surface area contributed by atoms with Gasteiger partial charge >= 0.3 is 6.03 Å². The van der Waals surface area contributed by atoms with Crippen molar-refractivity contribution in [3.05, 3.63) is 24.3 Å². The van der Waals surface area contributed by atoms with Crippen LogP contribution < -0.4 is 19.7 Å². The molecular weight excluding hydrogens is 292 g/mol. The molecule has 1 fully saturated rings. The molecule has 3 N–H and O–H groups in total. The van der Waals surface area contributed by atoms with Crippen LogP contribution in [0.2, 0.25) is 0 Å². The summed E-state index contributed by atoms with van der Waals surface area (Å²) in [5, 5.41) is 2.71. The third kappa shape index (κ3) is 4.33. The van der Waals surface area contributed by atoms with Crippen LogP contribution in [0.25, 0.3) is 0 Å². The van der Waals surface area contributed by atoms with Crippen molar-refractivity contribution in [3.63, 3.8) is 0 Å². The Morgan fingerprint density at radius 2 is 1.81 bits per heavy atom. The first-order chi connectivity index (χ1) is 9.66. The van der Waals surface area contributed by atoms with Gasteiger partial charge in [0.15, 0.2) is 0 Å². The zero-order valence-corrected chi connectivity index (χ0v) is 13.1. The highest BCUT2D eigenvalue weighted by molar-refractivity contribution is 7.90. The fourth-order valence-electron chi connectivity index (χ4n) is 2.01. The van der Waals surface area contributed by atoms with Gasteiger partial charge in [0.1, 0.15) is 0 Å². The van der Waals surface area contributed by atoms with Gasteiger partial charge in [0, 0.05) is 30.0 Å². The summed E-state index contributed by atoms with van der Waals surface area (Å²) in [4.78, 5) is 13.1. The Kier molecular flexibility index (Phi) is 4.11. The molecule has 1 aliphatic rings. The molecule has 8 heteroatoms. The standard InChI is InChI=1S/C13H20N4O3S/c1-13(2,3)16-21(19,20)15-10-4-6-11(7-5-10)17-9-8-14-12(17)18/h4-7,15-16H,8-9H2,1-3H3,(H,14,18). The number of anilines is 2.